The number of aryl methyl sites for hydroxylation is 1. The van der Waals surface area contributed by atoms with Crippen LogP contribution in [0.5, 0.6) is 0 Å². The molecule has 0 fully saturated rings. The predicted octanol–water partition coefficient (Wildman–Crippen LogP) is 2.79. The van der Waals surface area contributed by atoms with Crippen molar-refractivity contribution in [1.29, 1.82) is 0 Å². The zero-order valence-corrected chi connectivity index (χ0v) is 10.7. The van der Waals surface area contributed by atoms with E-state index >= 15 is 0 Å². The van der Waals surface area contributed by atoms with E-state index in [1.165, 1.54) is 4.68 Å². The van der Waals surface area contributed by atoms with Gasteiger partial charge in [0.15, 0.2) is 0 Å². The van der Waals surface area contributed by atoms with Crippen LogP contribution in [0.15, 0.2) is 12.3 Å². The van der Waals surface area contributed by atoms with E-state index in [1.807, 2.05) is 6.92 Å². The number of anilines is 1. The maximum absolute atomic E-state index is 12.7. The molecule has 102 valence electrons. The smallest absolute Gasteiger partial charge is 0.396 e. The molecule has 2 aromatic rings. The van der Waals surface area contributed by atoms with E-state index in [0.29, 0.717) is 0 Å². The largest absolute Gasteiger partial charge is 0.433 e. The van der Waals surface area contributed by atoms with Gasteiger partial charge in [-0.3, -0.25) is 0 Å². The number of pyridine rings is 1. The van der Waals surface area contributed by atoms with Crippen LogP contribution in [0.4, 0.5) is 18.9 Å². The number of nitrogen functional groups attached to an aromatic ring is 1. The van der Waals surface area contributed by atoms with Crippen molar-refractivity contribution in [3.63, 3.8) is 0 Å². The lowest BCUT2D eigenvalue weighted by Gasteiger charge is -2.11. The van der Waals surface area contributed by atoms with E-state index in [1.54, 1.807) is 13.8 Å². The predicted molar refractivity (Wildman–Crippen MR) is 65.0 cm³/mol. The first-order valence-electron chi connectivity index (χ1n) is 5.57. The molecule has 2 heterocycles. The van der Waals surface area contributed by atoms with E-state index in [4.69, 9.17) is 5.73 Å². The number of nitrogens with zero attached hydrogens (tertiary/aromatic N) is 3. The van der Waals surface area contributed by atoms with E-state index in [0.717, 1.165) is 29.2 Å². The topological polar surface area (TPSA) is 56.7 Å². The molecule has 0 saturated heterocycles. The van der Waals surface area contributed by atoms with E-state index in [-0.39, 0.29) is 11.4 Å². The fraction of sp³-hybridized carbons (Fsp3) is 0.333. The summed E-state index contributed by atoms with van der Waals surface area (Å²) >= 11 is 0. The highest BCUT2D eigenvalue weighted by Gasteiger charge is 2.33. The van der Waals surface area contributed by atoms with Gasteiger partial charge in [0.25, 0.3) is 0 Å². The van der Waals surface area contributed by atoms with E-state index in [9.17, 15) is 13.2 Å². The van der Waals surface area contributed by atoms with Crippen LogP contribution in [-0.2, 0) is 6.18 Å². The minimum Gasteiger partial charge on any atom is -0.396 e. The molecule has 0 saturated carbocycles. The van der Waals surface area contributed by atoms with Gasteiger partial charge in [0.1, 0.15) is 5.69 Å². The lowest BCUT2D eigenvalue weighted by atomic mass is 10.2. The van der Waals surface area contributed by atoms with Crippen LogP contribution in [-0.4, -0.2) is 14.8 Å². The Hall–Kier alpha value is -2.05. The maximum Gasteiger partial charge on any atom is 0.433 e. The van der Waals surface area contributed by atoms with E-state index < -0.39 is 11.9 Å². The van der Waals surface area contributed by atoms with Crippen molar-refractivity contribution in [2.45, 2.75) is 26.9 Å². The summed E-state index contributed by atoms with van der Waals surface area (Å²) in [7, 11) is 0. The van der Waals surface area contributed by atoms with Crippen LogP contribution < -0.4 is 5.73 Å². The fourth-order valence-electron chi connectivity index (χ4n) is 1.75. The minimum absolute atomic E-state index is 0.151. The first kappa shape index (κ1) is 13.4. The van der Waals surface area contributed by atoms with Crippen LogP contribution >= 0.6 is 0 Å². The summed E-state index contributed by atoms with van der Waals surface area (Å²) in [4.78, 5) is 3.30. The Morgan fingerprint density at radius 1 is 1.21 bits per heavy atom. The van der Waals surface area contributed by atoms with Crippen LogP contribution in [0.2, 0.25) is 0 Å². The second-order valence-corrected chi connectivity index (χ2v) is 4.33. The van der Waals surface area contributed by atoms with Gasteiger partial charge >= 0.3 is 6.18 Å². The third-order valence-electron chi connectivity index (χ3n) is 3.08. The summed E-state index contributed by atoms with van der Waals surface area (Å²) in [6.45, 7) is 5.43. The molecule has 2 N–H and O–H groups in total. The van der Waals surface area contributed by atoms with Gasteiger partial charge < -0.3 is 5.73 Å². The summed E-state index contributed by atoms with van der Waals surface area (Å²) in [5.41, 5.74) is 7.49. The third kappa shape index (κ3) is 2.27. The van der Waals surface area contributed by atoms with Gasteiger partial charge in [0, 0.05) is 5.69 Å². The van der Waals surface area contributed by atoms with Crippen LogP contribution in [0.3, 0.4) is 0 Å². The fourth-order valence-corrected chi connectivity index (χ4v) is 1.75. The lowest BCUT2D eigenvalue weighted by Crippen LogP contribution is -2.12. The van der Waals surface area contributed by atoms with Crippen molar-refractivity contribution >= 4 is 5.69 Å². The summed E-state index contributed by atoms with van der Waals surface area (Å²) in [5.74, 6) is 0. The lowest BCUT2D eigenvalue weighted by molar-refractivity contribution is -0.141. The molecule has 0 aromatic carbocycles. The van der Waals surface area contributed by atoms with Crippen molar-refractivity contribution in [1.82, 2.24) is 14.8 Å². The highest BCUT2D eigenvalue weighted by molar-refractivity contribution is 5.57. The van der Waals surface area contributed by atoms with Gasteiger partial charge in [0.05, 0.1) is 23.3 Å². The number of nitrogens with two attached hydrogens (primary N) is 1. The Morgan fingerprint density at radius 2 is 1.84 bits per heavy atom. The van der Waals surface area contributed by atoms with Crippen molar-refractivity contribution < 1.29 is 13.2 Å². The number of hydrogen-bond donors (Lipinski definition) is 1. The van der Waals surface area contributed by atoms with Crippen molar-refractivity contribution in [3.05, 3.63) is 34.9 Å². The molecule has 2 rings (SSSR count). The summed E-state index contributed by atoms with van der Waals surface area (Å²) in [5, 5.41) is 4.21. The molecule has 0 spiro atoms. The SMILES string of the molecule is Cc1nn(-c2cc(C(F)(F)F)ncc2N)c(C)c1C. The second kappa shape index (κ2) is 4.25. The maximum atomic E-state index is 12.7. The zero-order chi connectivity index (χ0) is 14.4. The van der Waals surface area contributed by atoms with Crippen LogP contribution in [0.25, 0.3) is 5.69 Å². The molecule has 2 aromatic heterocycles. The summed E-state index contributed by atoms with van der Waals surface area (Å²) in [6.07, 6.45) is -3.50. The highest BCUT2D eigenvalue weighted by atomic mass is 19.4. The van der Waals surface area contributed by atoms with Crippen molar-refractivity contribution in [2.24, 2.45) is 0 Å². The van der Waals surface area contributed by atoms with Gasteiger partial charge in [-0.15, -0.1) is 0 Å². The first-order chi connectivity index (χ1) is 8.71. The minimum atomic E-state index is -4.51. The standard InChI is InChI=1S/C12H13F3N4/c1-6-7(2)18-19(8(6)3)10-4-11(12(13,14)15)17-5-9(10)16/h4-5H,16H2,1-3H3. The summed E-state index contributed by atoms with van der Waals surface area (Å²) in [6, 6.07) is 0.911. The molecule has 0 radical (unpaired) electrons. The van der Waals surface area contributed by atoms with Gasteiger partial charge in [-0.05, 0) is 32.4 Å². The highest BCUT2D eigenvalue weighted by Crippen LogP contribution is 2.31. The Balaban J connectivity index is 2.65. The van der Waals surface area contributed by atoms with Gasteiger partial charge in [-0.25, -0.2) is 9.67 Å². The first-order valence-corrected chi connectivity index (χ1v) is 5.57. The average molecular weight is 270 g/mol. The van der Waals surface area contributed by atoms with Gasteiger partial charge in [0.2, 0.25) is 0 Å². The molecular weight excluding hydrogens is 257 g/mol. The molecule has 4 nitrogen and oxygen atoms in total. The molecule has 7 heteroatoms. The molecule has 19 heavy (non-hydrogen) atoms. The Morgan fingerprint density at radius 3 is 2.32 bits per heavy atom. The zero-order valence-electron chi connectivity index (χ0n) is 10.7. The third-order valence-corrected chi connectivity index (χ3v) is 3.08. The molecule has 0 unspecified atom stereocenters. The quantitative estimate of drug-likeness (QED) is 0.866. The van der Waals surface area contributed by atoms with Crippen molar-refractivity contribution in [2.75, 3.05) is 5.73 Å². The molecule has 0 amide bonds. The molecule has 0 bridgehead atoms. The number of hydrogen-bond acceptors (Lipinski definition) is 3. The number of aromatic nitrogens is 3. The molecular formula is C12H13F3N4. The number of alkyl halides is 3. The van der Waals surface area contributed by atoms with Gasteiger partial charge in [-0.1, -0.05) is 0 Å². The summed E-state index contributed by atoms with van der Waals surface area (Å²) < 4.78 is 39.4. The van der Waals surface area contributed by atoms with Gasteiger partial charge in [-0.2, -0.15) is 18.3 Å². The van der Waals surface area contributed by atoms with Crippen LogP contribution in [0.1, 0.15) is 22.6 Å². The monoisotopic (exact) mass is 270 g/mol. The molecule has 0 aliphatic carbocycles. The molecule has 0 aliphatic heterocycles. The Bertz CT molecular complexity index is 629. The molecule has 0 aliphatic rings. The second-order valence-electron chi connectivity index (χ2n) is 4.33. The molecule has 0 atom stereocenters. The van der Waals surface area contributed by atoms with E-state index in [2.05, 4.69) is 10.1 Å². The van der Waals surface area contributed by atoms with Crippen molar-refractivity contribution in [3.8, 4) is 5.69 Å². The Labute approximate surface area is 108 Å². The normalized spacial score (nSPS) is 11.9. The Kier molecular flexibility index (Phi) is 3.00. The number of rotatable bonds is 1. The number of halogens is 3. The van der Waals surface area contributed by atoms with Crippen LogP contribution in [0, 0.1) is 20.8 Å². The average Bonchev–Trinajstić information content (AvgIpc) is 2.56.